The Kier molecular flexibility index (Phi) is 8.73. The lowest BCUT2D eigenvalue weighted by Crippen LogP contribution is -2.47. The van der Waals surface area contributed by atoms with Gasteiger partial charge in [-0.05, 0) is 45.2 Å². The van der Waals surface area contributed by atoms with E-state index in [1.54, 1.807) is 11.4 Å². The third kappa shape index (κ3) is 6.20. The second kappa shape index (κ2) is 9.74. The number of rotatable bonds is 10. The summed E-state index contributed by atoms with van der Waals surface area (Å²) in [5.74, 6) is 0.594. The van der Waals surface area contributed by atoms with Gasteiger partial charge in [-0.3, -0.25) is 0 Å². The number of nitrogens with one attached hydrogen (secondary N) is 1. The lowest BCUT2D eigenvalue weighted by molar-refractivity contribution is 0.136. The van der Waals surface area contributed by atoms with E-state index in [-0.39, 0.29) is 0 Å². The van der Waals surface area contributed by atoms with Gasteiger partial charge in [0.15, 0.2) is 0 Å². The fourth-order valence-corrected chi connectivity index (χ4v) is 3.85. The maximum Gasteiger partial charge on any atom is 0.281 e. The molecule has 6 nitrogen and oxygen atoms in total. The van der Waals surface area contributed by atoms with E-state index in [1.807, 2.05) is 6.92 Å². The molecule has 0 atom stereocenters. The van der Waals surface area contributed by atoms with Gasteiger partial charge in [-0.1, -0.05) is 6.92 Å². The van der Waals surface area contributed by atoms with E-state index in [4.69, 9.17) is 4.74 Å². The monoisotopic (exact) mass is 321 g/mol. The predicted octanol–water partition coefficient (Wildman–Crippen LogP) is 0.911. The molecule has 0 aliphatic carbocycles. The van der Waals surface area contributed by atoms with Crippen LogP contribution in [-0.2, 0) is 14.9 Å². The van der Waals surface area contributed by atoms with Crippen molar-refractivity contribution in [3.8, 4) is 0 Å². The third-order valence-corrected chi connectivity index (χ3v) is 5.90. The zero-order chi connectivity index (χ0) is 15.7. The zero-order valence-electron chi connectivity index (χ0n) is 13.7. The van der Waals surface area contributed by atoms with Gasteiger partial charge in [0.1, 0.15) is 0 Å². The van der Waals surface area contributed by atoms with E-state index >= 15 is 0 Å². The number of nitrogens with zero attached hydrogens (tertiary/aromatic N) is 2. The van der Waals surface area contributed by atoms with Gasteiger partial charge in [0.25, 0.3) is 10.2 Å². The Morgan fingerprint density at radius 3 is 2.52 bits per heavy atom. The first-order valence-corrected chi connectivity index (χ1v) is 9.41. The van der Waals surface area contributed by atoms with Crippen molar-refractivity contribution in [3.05, 3.63) is 0 Å². The van der Waals surface area contributed by atoms with Crippen LogP contribution in [-0.4, -0.2) is 70.0 Å². The van der Waals surface area contributed by atoms with Gasteiger partial charge >= 0.3 is 0 Å². The molecule has 21 heavy (non-hydrogen) atoms. The first-order valence-electron chi connectivity index (χ1n) is 8.02. The molecule has 1 fully saturated rings. The Bertz CT molecular complexity index is 368. The molecule has 7 heteroatoms. The molecule has 126 valence electrons. The summed E-state index contributed by atoms with van der Waals surface area (Å²) >= 11 is 0. The molecule has 1 rings (SSSR count). The fourth-order valence-electron chi connectivity index (χ4n) is 2.48. The molecule has 1 aliphatic rings. The summed E-state index contributed by atoms with van der Waals surface area (Å²) in [6.07, 6.45) is 3.02. The van der Waals surface area contributed by atoms with Crippen LogP contribution in [0.15, 0.2) is 0 Å². The van der Waals surface area contributed by atoms with E-state index in [0.29, 0.717) is 38.8 Å². The molecule has 0 aromatic rings. The van der Waals surface area contributed by atoms with Crippen LogP contribution in [0.3, 0.4) is 0 Å². The Balaban J connectivity index is 2.37. The Morgan fingerprint density at radius 2 is 1.95 bits per heavy atom. The second-order valence-electron chi connectivity index (χ2n) is 5.57. The van der Waals surface area contributed by atoms with E-state index in [1.165, 1.54) is 4.31 Å². The number of ether oxygens (including phenoxy) is 1. The van der Waals surface area contributed by atoms with Gasteiger partial charge in [-0.2, -0.15) is 17.0 Å². The van der Waals surface area contributed by atoms with Crippen LogP contribution in [0, 0.1) is 5.92 Å². The van der Waals surface area contributed by atoms with Crippen LogP contribution < -0.4 is 5.32 Å². The van der Waals surface area contributed by atoms with E-state index < -0.39 is 10.2 Å². The molecule has 1 aliphatic heterocycles. The minimum Gasteiger partial charge on any atom is -0.380 e. The van der Waals surface area contributed by atoms with Crippen molar-refractivity contribution in [1.29, 1.82) is 0 Å². The Morgan fingerprint density at radius 1 is 1.29 bits per heavy atom. The standard InChI is InChI=1S/C14H31N3O3S/c1-4-8-15-13-14-6-9-17(10-7-14)21(18,19)16(3)11-12-20-5-2/h14-15H,4-13H2,1-3H3. The van der Waals surface area contributed by atoms with Crippen molar-refractivity contribution >= 4 is 10.2 Å². The van der Waals surface area contributed by atoms with Gasteiger partial charge in [-0.15, -0.1) is 0 Å². The Hall–Kier alpha value is -0.210. The SMILES string of the molecule is CCCNCC1CCN(S(=O)(=O)N(C)CCOCC)CC1. The van der Waals surface area contributed by atoms with Gasteiger partial charge in [0.2, 0.25) is 0 Å². The molecule has 0 amide bonds. The third-order valence-electron chi connectivity index (χ3n) is 3.91. The average molecular weight is 321 g/mol. The highest BCUT2D eigenvalue weighted by Gasteiger charge is 2.30. The van der Waals surface area contributed by atoms with E-state index in [9.17, 15) is 8.42 Å². The molecular formula is C14H31N3O3S. The highest BCUT2D eigenvalue weighted by atomic mass is 32.2. The number of hydrogen-bond donors (Lipinski definition) is 1. The molecule has 0 unspecified atom stereocenters. The summed E-state index contributed by atoms with van der Waals surface area (Å²) in [5.41, 5.74) is 0. The van der Waals surface area contributed by atoms with Gasteiger partial charge < -0.3 is 10.1 Å². The van der Waals surface area contributed by atoms with Crippen molar-refractivity contribution in [2.45, 2.75) is 33.1 Å². The normalized spacial score (nSPS) is 18.5. The smallest absolute Gasteiger partial charge is 0.281 e. The van der Waals surface area contributed by atoms with Crippen LogP contribution in [0.2, 0.25) is 0 Å². The maximum atomic E-state index is 12.4. The van der Waals surface area contributed by atoms with Crippen LogP contribution in [0.5, 0.6) is 0 Å². The van der Waals surface area contributed by atoms with Crippen LogP contribution in [0.4, 0.5) is 0 Å². The highest BCUT2D eigenvalue weighted by molar-refractivity contribution is 7.86. The molecule has 0 aromatic heterocycles. The van der Waals surface area contributed by atoms with Crippen molar-refractivity contribution in [2.75, 3.05) is 53.0 Å². The fraction of sp³-hybridized carbons (Fsp3) is 1.00. The maximum absolute atomic E-state index is 12.4. The minimum atomic E-state index is -3.32. The number of piperidine rings is 1. The lowest BCUT2D eigenvalue weighted by atomic mass is 9.98. The first-order chi connectivity index (χ1) is 10.0. The zero-order valence-corrected chi connectivity index (χ0v) is 14.5. The van der Waals surface area contributed by atoms with Gasteiger partial charge in [0.05, 0.1) is 6.61 Å². The summed E-state index contributed by atoms with van der Waals surface area (Å²) in [7, 11) is -1.70. The molecule has 0 radical (unpaired) electrons. The summed E-state index contributed by atoms with van der Waals surface area (Å²) < 4.78 is 33.1. The summed E-state index contributed by atoms with van der Waals surface area (Å²) in [5, 5.41) is 3.42. The average Bonchev–Trinajstić information content (AvgIpc) is 2.48. The van der Waals surface area contributed by atoms with Crippen molar-refractivity contribution in [2.24, 2.45) is 5.92 Å². The lowest BCUT2D eigenvalue weighted by Gasteiger charge is -2.33. The molecule has 0 spiro atoms. The minimum absolute atomic E-state index is 0.411. The largest absolute Gasteiger partial charge is 0.380 e. The van der Waals surface area contributed by atoms with Gasteiger partial charge in [-0.25, -0.2) is 0 Å². The van der Waals surface area contributed by atoms with Crippen LogP contribution >= 0.6 is 0 Å². The number of hydrogen-bond acceptors (Lipinski definition) is 4. The summed E-state index contributed by atoms with van der Waals surface area (Å²) in [6, 6.07) is 0. The van der Waals surface area contributed by atoms with Crippen LogP contribution in [0.25, 0.3) is 0 Å². The topological polar surface area (TPSA) is 61.9 Å². The molecule has 1 saturated heterocycles. The molecule has 1 heterocycles. The molecule has 0 saturated carbocycles. The molecule has 0 aromatic carbocycles. The Labute approximate surface area is 130 Å². The number of likely N-dealkylation sites (N-methyl/N-ethyl adjacent to an activating group) is 1. The van der Waals surface area contributed by atoms with Gasteiger partial charge in [0, 0.05) is 33.3 Å². The molecule has 1 N–H and O–H groups in total. The second-order valence-corrected chi connectivity index (χ2v) is 7.61. The van der Waals surface area contributed by atoms with Crippen molar-refractivity contribution in [3.63, 3.8) is 0 Å². The summed E-state index contributed by atoms with van der Waals surface area (Å²) in [6.45, 7) is 8.83. The van der Waals surface area contributed by atoms with E-state index in [2.05, 4.69) is 12.2 Å². The van der Waals surface area contributed by atoms with Crippen molar-refractivity contribution in [1.82, 2.24) is 13.9 Å². The molecular weight excluding hydrogens is 290 g/mol. The highest BCUT2D eigenvalue weighted by Crippen LogP contribution is 2.20. The first kappa shape index (κ1) is 18.8. The van der Waals surface area contributed by atoms with E-state index in [0.717, 1.165) is 32.4 Å². The summed E-state index contributed by atoms with van der Waals surface area (Å²) in [4.78, 5) is 0. The van der Waals surface area contributed by atoms with Crippen molar-refractivity contribution < 1.29 is 13.2 Å². The predicted molar refractivity (Wildman–Crippen MR) is 85.5 cm³/mol. The molecule has 0 bridgehead atoms. The quantitative estimate of drug-likeness (QED) is 0.608. The van der Waals surface area contributed by atoms with Crippen LogP contribution in [0.1, 0.15) is 33.1 Å².